The SMILES string of the molecule is Cc1cc(C)c(NC(=O)CCCSC(C)C(=O)N2CCN(c3ccccc3)CC2)c(C)c1. The van der Waals surface area contributed by atoms with Crippen molar-refractivity contribution in [1.29, 1.82) is 0 Å². The molecule has 1 saturated heterocycles. The molecule has 172 valence electrons. The second-order valence-corrected chi connectivity index (χ2v) is 10.0. The fourth-order valence-corrected chi connectivity index (χ4v) is 5.18. The van der Waals surface area contributed by atoms with Gasteiger partial charge in [-0.3, -0.25) is 9.59 Å². The highest BCUT2D eigenvalue weighted by molar-refractivity contribution is 8.00. The second kappa shape index (κ2) is 11.4. The van der Waals surface area contributed by atoms with Crippen LogP contribution in [0.15, 0.2) is 42.5 Å². The molecular weight excluding hydrogens is 418 g/mol. The van der Waals surface area contributed by atoms with Gasteiger partial charge in [0.2, 0.25) is 11.8 Å². The minimum Gasteiger partial charge on any atom is -0.368 e. The highest BCUT2D eigenvalue weighted by Gasteiger charge is 2.25. The van der Waals surface area contributed by atoms with Gasteiger partial charge in [0.05, 0.1) is 5.25 Å². The molecule has 1 atom stereocenters. The van der Waals surface area contributed by atoms with E-state index in [-0.39, 0.29) is 17.1 Å². The van der Waals surface area contributed by atoms with Crippen LogP contribution in [-0.4, -0.2) is 53.9 Å². The molecule has 1 aliphatic rings. The Morgan fingerprint density at radius 3 is 2.25 bits per heavy atom. The Morgan fingerprint density at radius 2 is 1.62 bits per heavy atom. The molecule has 3 rings (SSSR count). The molecule has 1 unspecified atom stereocenters. The molecule has 2 aromatic rings. The van der Waals surface area contributed by atoms with Crippen molar-refractivity contribution >= 4 is 35.0 Å². The maximum Gasteiger partial charge on any atom is 0.235 e. The summed E-state index contributed by atoms with van der Waals surface area (Å²) in [6.45, 7) is 11.4. The fraction of sp³-hybridized carbons (Fsp3) is 0.462. The number of carbonyl (C=O) groups is 2. The van der Waals surface area contributed by atoms with Gasteiger partial charge < -0.3 is 15.1 Å². The second-order valence-electron chi connectivity index (χ2n) is 8.59. The summed E-state index contributed by atoms with van der Waals surface area (Å²) < 4.78 is 0. The molecule has 6 heteroatoms. The molecular formula is C26H35N3O2S. The number of para-hydroxylation sites is 1. The summed E-state index contributed by atoms with van der Waals surface area (Å²) in [6, 6.07) is 14.5. The van der Waals surface area contributed by atoms with Crippen molar-refractivity contribution < 1.29 is 9.59 Å². The summed E-state index contributed by atoms with van der Waals surface area (Å²) in [4.78, 5) is 29.5. The van der Waals surface area contributed by atoms with Gasteiger partial charge in [-0.2, -0.15) is 0 Å². The maximum atomic E-state index is 12.8. The number of aryl methyl sites for hydroxylation is 3. The van der Waals surface area contributed by atoms with E-state index >= 15 is 0 Å². The van der Waals surface area contributed by atoms with Crippen LogP contribution in [-0.2, 0) is 9.59 Å². The Bertz CT molecular complexity index is 901. The third kappa shape index (κ3) is 6.52. The molecule has 5 nitrogen and oxygen atoms in total. The number of hydrogen-bond acceptors (Lipinski definition) is 4. The molecule has 0 spiro atoms. The van der Waals surface area contributed by atoms with Crippen LogP contribution in [0.4, 0.5) is 11.4 Å². The summed E-state index contributed by atoms with van der Waals surface area (Å²) in [6.07, 6.45) is 1.23. The minimum atomic E-state index is -0.0806. The van der Waals surface area contributed by atoms with Crippen LogP contribution in [0.25, 0.3) is 0 Å². The van der Waals surface area contributed by atoms with Gasteiger partial charge in [0, 0.05) is 44.0 Å². The average Bonchev–Trinajstić information content (AvgIpc) is 2.79. The quantitative estimate of drug-likeness (QED) is 0.583. The number of anilines is 2. The Labute approximate surface area is 196 Å². The average molecular weight is 454 g/mol. The van der Waals surface area contributed by atoms with Crippen LogP contribution in [0.3, 0.4) is 0 Å². The van der Waals surface area contributed by atoms with E-state index in [4.69, 9.17) is 0 Å². The van der Waals surface area contributed by atoms with Gasteiger partial charge >= 0.3 is 0 Å². The van der Waals surface area contributed by atoms with Crippen LogP contribution in [0.1, 0.15) is 36.5 Å². The summed E-state index contributed by atoms with van der Waals surface area (Å²) >= 11 is 1.65. The Kier molecular flexibility index (Phi) is 8.62. The van der Waals surface area contributed by atoms with E-state index in [1.165, 1.54) is 11.3 Å². The zero-order valence-corrected chi connectivity index (χ0v) is 20.5. The molecule has 1 N–H and O–H groups in total. The van der Waals surface area contributed by atoms with E-state index in [1.807, 2.05) is 31.7 Å². The lowest BCUT2D eigenvalue weighted by atomic mass is 10.0. The van der Waals surface area contributed by atoms with Crippen LogP contribution in [0.2, 0.25) is 0 Å². The molecule has 32 heavy (non-hydrogen) atoms. The highest BCUT2D eigenvalue weighted by Crippen LogP contribution is 2.23. The number of amides is 2. The monoisotopic (exact) mass is 453 g/mol. The van der Waals surface area contributed by atoms with E-state index in [2.05, 4.69) is 53.5 Å². The van der Waals surface area contributed by atoms with Gasteiger partial charge in [-0.1, -0.05) is 35.9 Å². The molecule has 0 aliphatic carbocycles. The zero-order chi connectivity index (χ0) is 23.1. The fourth-order valence-electron chi connectivity index (χ4n) is 4.22. The summed E-state index contributed by atoms with van der Waals surface area (Å²) in [5, 5.41) is 2.98. The molecule has 0 radical (unpaired) electrons. The first-order valence-corrected chi connectivity index (χ1v) is 12.5. The predicted molar refractivity (Wildman–Crippen MR) is 136 cm³/mol. The number of nitrogens with zero attached hydrogens (tertiary/aromatic N) is 2. The lowest BCUT2D eigenvalue weighted by Crippen LogP contribution is -2.50. The smallest absolute Gasteiger partial charge is 0.235 e. The lowest BCUT2D eigenvalue weighted by molar-refractivity contribution is -0.130. The molecule has 0 saturated carbocycles. The first-order valence-electron chi connectivity index (χ1n) is 11.4. The zero-order valence-electron chi connectivity index (χ0n) is 19.7. The number of carbonyl (C=O) groups excluding carboxylic acids is 2. The third-order valence-corrected chi connectivity index (χ3v) is 7.14. The van der Waals surface area contributed by atoms with E-state index in [1.54, 1.807) is 11.8 Å². The summed E-state index contributed by atoms with van der Waals surface area (Å²) in [5.41, 5.74) is 5.53. The number of rotatable bonds is 8. The van der Waals surface area contributed by atoms with Gasteiger partial charge in [-0.15, -0.1) is 11.8 Å². The van der Waals surface area contributed by atoms with Crippen LogP contribution < -0.4 is 10.2 Å². The number of nitrogens with one attached hydrogen (secondary N) is 1. The van der Waals surface area contributed by atoms with Crippen molar-refractivity contribution in [3.63, 3.8) is 0 Å². The van der Waals surface area contributed by atoms with Crippen LogP contribution in [0.5, 0.6) is 0 Å². The number of thioether (sulfide) groups is 1. The lowest BCUT2D eigenvalue weighted by Gasteiger charge is -2.37. The first kappa shape index (κ1) is 24.2. The number of benzene rings is 2. The molecule has 1 aliphatic heterocycles. The van der Waals surface area contributed by atoms with Gasteiger partial charge in [-0.05, 0) is 63.1 Å². The summed E-state index contributed by atoms with van der Waals surface area (Å²) in [7, 11) is 0. The molecule has 1 fully saturated rings. The van der Waals surface area contributed by atoms with E-state index in [0.29, 0.717) is 6.42 Å². The molecule has 1 heterocycles. The van der Waals surface area contributed by atoms with Crippen molar-refractivity contribution in [3.05, 3.63) is 59.2 Å². The van der Waals surface area contributed by atoms with Crippen molar-refractivity contribution in [2.75, 3.05) is 42.1 Å². The largest absolute Gasteiger partial charge is 0.368 e. The van der Waals surface area contributed by atoms with Gasteiger partial charge in [-0.25, -0.2) is 0 Å². The molecule has 0 bridgehead atoms. The van der Waals surface area contributed by atoms with Crippen molar-refractivity contribution in [1.82, 2.24) is 4.90 Å². The van der Waals surface area contributed by atoms with E-state index < -0.39 is 0 Å². The molecule has 0 aromatic heterocycles. The standard InChI is InChI=1S/C26H35N3O2S/c1-19-17-20(2)25(21(3)18-19)27-24(30)11-8-16-32-22(4)26(31)29-14-12-28(13-15-29)23-9-6-5-7-10-23/h5-7,9-10,17-18,22H,8,11-16H2,1-4H3,(H,27,30). The van der Waals surface area contributed by atoms with Gasteiger partial charge in [0.25, 0.3) is 0 Å². The topological polar surface area (TPSA) is 52.7 Å². The molecule has 2 aromatic carbocycles. The summed E-state index contributed by atoms with van der Waals surface area (Å²) in [5.74, 6) is 1.05. The van der Waals surface area contributed by atoms with E-state index in [9.17, 15) is 9.59 Å². The van der Waals surface area contributed by atoms with Crippen molar-refractivity contribution in [2.45, 2.75) is 45.8 Å². The van der Waals surface area contributed by atoms with Gasteiger partial charge in [0.15, 0.2) is 0 Å². The van der Waals surface area contributed by atoms with Crippen LogP contribution in [0, 0.1) is 20.8 Å². The minimum absolute atomic E-state index is 0.0386. The number of hydrogen-bond donors (Lipinski definition) is 1. The van der Waals surface area contributed by atoms with Crippen molar-refractivity contribution in [3.8, 4) is 0 Å². The first-order chi connectivity index (χ1) is 15.3. The maximum absolute atomic E-state index is 12.8. The highest BCUT2D eigenvalue weighted by atomic mass is 32.2. The Morgan fingerprint density at radius 1 is 1.00 bits per heavy atom. The van der Waals surface area contributed by atoms with Crippen molar-refractivity contribution in [2.24, 2.45) is 0 Å². The normalized spacial score (nSPS) is 14.9. The Hall–Kier alpha value is -2.47. The van der Waals surface area contributed by atoms with Crippen LogP contribution >= 0.6 is 11.8 Å². The predicted octanol–water partition coefficient (Wildman–Crippen LogP) is 4.80. The Balaban J connectivity index is 1.36. The third-order valence-electron chi connectivity index (χ3n) is 5.92. The number of piperazine rings is 1. The molecule has 2 amide bonds. The van der Waals surface area contributed by atoms with Gasteiger partial charge in [0.1, 0.15) is 0 Å². The van der Waals surface area contributed by atoms with E-state index in [0.717, 1.165) is 55.2 Å².